The molecule has 0 saturated heterocycles. The Kier molecular flexibility index (Phi) is 22.5. The van der Waals surface area contributed by atoms with Gasteiger partial charge in [-0.25, -0.2) is 0 Å². The van der Waals surface area contributed by atoms with Crippen LogP contribution in [0.25, 0.3) is 0 Å². The smallest absolute Gasteiger partial charge is 0.0558 e. The highest BCUT2D eigenvalue weighted by Crippen LogP contribution is 2.09. The van der Waals surface area contributed by atoms with E-state index in [4.69, 9.17) is 10.8 Å². The Hall–Kier alpha value is -0.120. The van der Waals surface area contributed by atoms with E-state index < -0.39 is 0 Å². The SMILES string of the molecule is CCCCCCCCCCCCN.CN(C)CCO. The van der Waals surface area contributed by atoms with Crippen molar-refractivity contribution in [2.75, 3.05) is 33.8 Å². The molecule has 19 heavy (non-hydrogen) atoms. The van der Waals surface area contributed by atoms with Crippen molar-refractivity contribution in [3.05, 3.63) is 0 Å². The van der Waals surface area contributed by atoms with E-state index in [1.54, 1.807) is 0 Å². The summed E-state index contributed by atoms with van der Waals surface area (Å²) >= 11 is 0. The molecule has 0 rings (SSSR count). The number of aliphatic hydroxyl groups excluding tert-OH is 1. The lowest BCUT2D eigenvalue weighted by Gasteiger charge is -2.03. The predicted molar refractivity (Wildman–Crippen MR) is 86.5 cm³/mol. The molecule has 0 aromatic rings. The van der Waals surface area contributed by atoms with E-state index in [0.29, 0.717) is 0 Å². The Morgan fingerprint density at radius 2 is 1.21 bits per heavy atom. The van der Waals surface area contributed by atoms with Crippen LogP contribution in [0.3, 0.4) is 0 Å². The molecule has 0 heterocycles. The number of rotatable bonds is 12. The van der Waals surface area contributed by atoms with Crippen LogP contribution in [-0.2, 0) is 0 Å². The zero-order valence-corrected chi connectivity index (χ0v) is 13.7. The summed E-state index contributed by atoms with van der Waals surface area (Å²) in [5.41, 5.74) is 5.42. The van der Waals surface area contributed by atoms with Crippen LogP contribution in [0.5, 0.6) is 0 Å². The Labute approximate surface area is 121 Å². The summed E-state index contributed by atoms with van der Waals surface area (Å²) in [5.74, 6) is 0. The first-order chi connectivity index (χ1) is 9.18. The standard InChI is InChI=1S/C12H27N.C4H11NO/c1-2-3-4-5-6-7-8-9-10-11-12-13;1-5(2)3-4-6/h2-13H2,1H3;6H,3-4H2,1-2H3. The van der Waals surface area contributed by atoms with E-state index >= 15 is 0 Å². The second-order valence-corrected chi connectivity index (χ2v) is 5.50. The van der Waals surface area contributed by atoms with E-state index in [9.17, 15) is 0 Å². The summed E-state index contributed by atoms with van der Waals surface area (Å²) in [5, 5.41) is 8.20. The molecular formula is C16H38N2O. The number of hydrogen-bond donors (Lipinski definition) is 2. The lowest BCUT2D eigenvalue weighted by atomic mass is 10.1. The number of unbranched alkanes of at least 4 members (excludes halogenated alkanes) is 9. The lowest BCUT2D eigenvalue weighted by Crippen LogP contribution is -2.15. The summed E-state index contributed by atoms with van der Waals surface area (Å²) in [6.07, 6.45) is 13.9. The average Bonchev–Trinajstić information content (AvgIpc) is 2.37. The van der Waals surface area contributed by atoms with Crippen LogP contribution < -0.4 is 5.73 Å². The Bertz CT molecular complexity index is 131. The molecule has 0 radical (unpaired) electrons. The van der Waals surface area contributed by atoms with Crippen molar-refractivity contribution in [1.82, 2.24) is 4.90 Å². The molecule has 0 amide bonds. The fraction of sp³-hybridized carbons (Fsp3) is 1.00. The molecule has 0 aliphatic carbocycles. The van der Waals surface area contributed by atoms with Crippen molar-refractivity contribution < 1.29 is 5.11 Å². The Morgan fingerprint density at radius 1 is 0.789 bits per heavy atom. The molecule has 0 bridgehead atoms. The number of nitrogens with zero attached hydrogens (tertiary/aromatic N) is 1. The lowest BCUT2D eigenvalue weighted by molar-refractivity contribution is 0.243. The highest BCUT2D eigenvalue weighted by molar-refractivity contribution is 4.47. The van der Waals surface area contributed by atoms with Gasteiger partial charge in [0.1, 0.15) is 0 Å². The van der Waals surface area contributed by atoms with Crippen molar-refractivity contribution in [3.63, 3.8) is 0 Å². The zero-order chi connectivity index (χ0) is 14.8. The monoisotopic (exact) mass is 274 g/mol. The van der Waals surface area contributed by atoms with Gasteiger partial charge in [0.05, 0.1) is 6.61 Å². The fourth-order valence-corrected chi connectivity index (χ4v) is 1.83. The first-order valence-electron chi connectivity index (χ1n) is 8.14. The van der Waals surface area contributed by atoms with Crippen LogP contribution >= 0.6 is 0 Å². The maximum absolute atomic E-state index is 8.20. The van der Waals surface area contributed by atoms with Crippen molar-refractivity contribution in [3.8, 4) is 0 Å². The van der Waals surface area contributed by atoms with Gasteiger partial charge in [0.2, 0.25) is 0 Å². The van der Waals surface area contributed by atoms with Gasteiger partial charge in [0.15, 0.2) is 0 Å². The summed E-state index contributed by atoms with van der Waals surface area (Å²) in [4.78, 5) is 1.93. The molecule has 0 spiro atoms. The van der Waals surface area contributed by atoms with Gasteiger partial charge in [-0.3, -0.25) is 0 Å². The van der Waals surface area contributed by atoms with Gasteiger partial charge < -0.3 is 15.7 Å². The number of likely N-dealkylation sites (N-methyl/N-ethyl adjacent to an activating group) is 1. The highest BCUT2D eigenvalue weighted by Gasteiger charge is 1.91. The molecule has 0 aliphatic rings. The van der Waals surface area contributed by atoms with Crippen LogP contribution in [0.1, 0.15) is 71.1 Å². The number of aliphatic hydroxyl groups is 1. The zero-order valence-electron chi connectivity index (χ0n) is 13.7. The van der Waals surface area contributed by atoms with E-state index in [0.717, 1.165) is 13.1 Å². The van der Waals surface area contributed by atoms with Gasteiger partial charge in [-0.15, -0.1) is 0 Å². The van der Waals surface area contributed by atoms with Crippen LogP contribution in [0.15, 0.2) is 0 Å². The molecule has 3 nitrogen and oxygen atoms in total. The topological polar surface area (TPSA) is 49.5 Å². The predicted octanol–water partition coefficient (Wildman–Crippen LogP) is 3.41. The first-order valence-corrected chi connectivity index (χ1v) is 8.14. The summed E-state index contributed by atoms with van der Waals surface area (Å²) in [6.45, 7) is 4.16. The largest absolute Gasteiger partial charge is 0.395 e. The Balaban J connectivity index is 0. The van der Waals surface area contributed by atoms with Crippen LogP contribution in [-0.4, -0.2) is 43.8 Å². The molecule has 0 unspecified atom stereocenters. The third-order valence-corrected chi connectivity index (χ3v) is 3.10. The van der Waals surface area contributed by atoms with Gasteiger partial charge in [0, 0.05) is 6.54 Å². The third kappa shape index (κ3) is 27.2. The molecule has 0 saturated carbocycles. The van der Waals surface area contributed by atoms with Gasteiger partial charge >= 0.3 is 0 Å². The number of nitrogens with two attached hydrogens (primary N) is 1. The first kappa shape index (κ1) is 21.2. The molecule has 0 aromatic heterocycles. The van der Waals surface area contributed by atoms with E-state index in [1.165, 1.54) is 64.2 Å². The molecule has 0 fully saturated rings. The highest BCUT2D eigenvalue weighted by atomic mass is 16.3. The van der Waals surface area contributed by atoms with Crippen molar-refractivity contribution >= 4 is 0 Å². The van der Waals surface area contributed by atoms with Crippen molar-refractivity contribution in [2.24, 2.45) is 5.73 Å². The summed E-state index contributed by atoms with van der Waals surface area (Å²) < 4.78 is 0. The molecule has 0 aromatic carbocycles. The van der Waals surface area contributed by atoms with Gasteiger partial charge in [-0.1, -0.05) is 64.7 Å². The Morgan fingerprint density at radius 3 is 1.47 bits per heavy atom. The normalized spacial score (nSPS) is 10.4. The van der Waals surface area contributed by atoms with E-state index in [1.807, 2.05) is 19.0 Å². The summed E-state index contributed by atoms with van der Waals surface area (Å²) in [7, 11) is 3.85. The second-order valence-electron chi connectivity index (χ2n) is 5.50. The van der Waals surface area contributed by atoms with Crippen molar-refractivity contribution in [2.45, 2.75) is 71.1 Å². The quantitative estimate of drug-likeness (QED) is 0.536. The molecule has 0 atom stereocenters. The van der Waals surface area contributed by atoms with Gasteiger partial charge in [0.25, 0.3) is 0 Å². The minimum Gasteiger partial charge on any atom is -0.395 e. The van der Waals surface area contributed by atoms with E-state index in [2.05, 4.69) is 6.92 Å². The minimum atomic E-state index is 0.257. The number of hydrogen-bond acceptors (Lipinski definition) is 3. The average molecular weight is 274 g/mol. The molecule has 3 N–H and O–H groups in total. The maximum Gasteiger partial charge on any atom is 0.0558 e. The van der Waals surface area contributed by atoms with Crippen LogP contribution in [0.2, 0.25) is 0 Å². The molecule has 118 valence electrons. The molecule has 0 aliphatic heterocycles. The van der Waals surface area contributed by atoms with Crippen LogP contribution in [0, 0.1) is 0 Å². The third-order valence-electron chi connectivity index (χ3n) is 3.10. The molecular weight excluding hydrogens is 236 g/mol. The van der Waals surface area contributed by atoms with Gasteiger partial charge in [-0.2, -0.15) is 0 Å². The van der Waals surface area contributed by atoms with Crippen molar-refractivity contribution in [1.29, 1.82) is 0 Å². The fourth-order valence-electron chi connectivity index (χ4n) is 1.83. The summed E-state index contributed by atoms with van der Waals surface area (Å²) in [6, 6.07) is 0. The maximum atomic E-state index is 8.20. The molecule has 3 heteroatoms. The minimum absolute atomic E-state index is 0.257. The second kappa shape index (κ2) is 20.2. The van der Waals surface area contributed by atoms with Crippen LogP contribution in [0.4, 0.5) is 0 Å². The van der Waals surface area contributed by atoms with Gasteiger partial charge in [-0.05, 0) is 27.1 Å². The van der Waals surface area contributed by atoms with E-state index in [-0.39, 0.29) is 6.61 Å².